The minimum absolute atomic E-state index is 0.0151. The van der Waals surface area contributed by atoms with Crippen molar-refractivity contribution >= 4 is 11.8 Å². The van der Waals surface area contributed by atoms with Crippen molar-refractivity contribution in [3.63, 3.8) is 0 Å². The number of carbonyl (C=O) groups excluding carboxylic acids is 2. The number of fused-ring (bicyclic) bond motifs is 5. The molecule has 2 saturated carbocycles. The first-order chi connectivity index (χ1) is 12.8. The van der Waals surface area contributed by atoms with E-state index in [-0.39, 0.29) is 35.1 Å². The molecule has 0 aromatic carbocycles. The summed E-state index contributed by atoms with van der Waals surface area (Å²) >= 11 is 0. The van der Waals surface area contributed by atoms with Crippen molar-refractivity contribution in [1.82, 2.24) is 0 Å². The van der Waals surface area contributed by atoms with Crippen molar-refractivity contribution < 1.29 is 14.3 Å². The number of allylic oxidation sites excluding steroid dienone is 5. The first kappa shape index (κ1) is 18.7. The van der Waals surface area contributed by atoms with E-state index >= 15 is 0 Å². The lowest BCUT2D eigenvalue weighted by Crippen LogP contribution is -2.45. The molecule has 2 fully saturated rings. The highest BCUT2D eigenvalue weighted by molar-refractivity contribution is 5.85. The van der Waals surface area contributed by atoms with Gasteiger partial charge in [-0.25, -0.2) is 0 Å². The van der Waals surface area contributed by atoms with E-state index < -0.39 is 0 Å². The molecule has 0 saturated heterocycles. The zero-order chi connectivity index (χ0) is 19.4. The second-order valence-corrected chi connectivity index (χ2v) is 9.66. The third-order valence-electron chi connectivity index (χ3n) is 8.26. The standard InChI is InChI=1S/C24H32O3/c1-15-9-11-23(3)17(13-15)5-6-18-19-7-8-21(22(26)14-27-16(2)25)24(19,4)12-10-20(18)23/h10,13,18-19,21H,1,5-9,11-12,14H2,2-4H3. The largest absolute Gasteiger partial charge is 0.458 e. The number of ether oxygens (including phenoxy) is 1. The maximum Gasteiger partial charge on any atom is 0.303 e. The van der Waals surface area contributed by atoms with Gasteiger partial charge in [0.2, 0.25) is 0 Å². The van der Waals surface area contributed by atoms with Crippen LogP contribution in [0.5, 0.6) is 0 Å². The fourth-order valence-corrected chi connectivity index (χ4v) is 6.75. The summed E-state index contributed by atoms with van der Waals surface area (Å²) in [6, 6.07) is 0. The van der Waals surface area contributed by atoms with Crippen molar-refractivity contribution in [2.45, 2.75) is 65.7 Å². The molecule has 0 amide bonds. The van der Waals surface area contributed by atoms with Crippen LogP contribution in [0.25, 0.3) is 0 Å². The molecule has 0 N–H and O–H groups in total. The predicted octanol–water partition coefficient (Wildman–Crippen LogP) is 5.17. The lowest BCUT2D eigenvalue weighted by Gasteiger charge is -2.53. The van der Waals surface area contributed by atoms with E-state index in [1.165, 1.54) is 25.3 Å². The summed E-state index contributed by atoms with van der Waals surface area (Å²) in [5, 5.41) is 0. The Morgan fingerprint density at radius 1 is 1.22 bits per heavy atom. The Kier molecular flexibility index (Phi) is 4.48. The molecule has 0 bridgehead atoms. The zero-order valence-corrected chi connectivity index (χ0v) is 17.0. The van der Waals surface area contributed by atoms with Crippen LogP contribution in [0.1, 0.15) is 65.7 Å². The SMILES string of the molecule is C=C1C=C2CCC3C(=CCC4(C)C(C(=O)COC(C)=O)CCC34)C2(C)CC1. The monoisotopic (exact) mass is 368 g/mol. The number of rotatable bonds is 3. The minimum Gasteiger partial charge on any atom is -0.458 e. The minimum atomic E-state index is -0.368. The van der Waals surface area contributed by atoms with Crippen molar-refractivity contribution in [1.29, 1.82) is 0 Å². The van der Waals surface area contributed by atoms with Gasteiger partial charge in [0.05, 0.1) is 0 Å². The molecule has 0 aliphatic heterocycles. The van der Waals surface area contributed by atoms with Crippen molar-refractivity contribution in [2.75, 3.05) is 6.61 Å². The van der Waals surface area contributed by atoms with E-state index in [9.17, 15) is 9.59 Å². The third kappa shape index (κ3) is 2.85. The fourth-order valence-electron chi connectivity index (χ4n) is 6.75. The summed E-state index contributed by atoms with van der Waals surface area (Å²) < 4.78 is 5.02. The molecule has 0 aromatic heterocycles. The molecular weight excluding hydrogens is 336 g/mol. The molecule has 27 heavy (non-hydrogen) atoms. The maximum absolute atomic E-state index is 12.8. The topological polar surface area (TPSA) is 43.4 Å². The highest BCUT2D eigenvalue weighted by Crippen LogP contribution is 2.64. The van der Waals surface area contributed by atoms with Crippen LogP contribution in [0.3, 0.4) is 0 Å². The van der Waals surface area contributed by atoms with Crippen LogP contribution in [0.2, 0.25) is 0 Å². The van der Waals surface area contributed by atoms with Gasteiger partial charge >= 0.3 is 5.97 Å². The molecule has 146 valence electrons. The van der Waals surface area contributed by atoms with Gasteiger partial charge in [-0.15, -0.1) is 0 Å². The smallest absolute Gasteiger partial charge is 0.303 e. The maximum atomic E-state index is 12.8. The van der Waals surface area contributed by atoms with E-state index in [0.29, 0.717) is 11.8 Å². The molecule has 3 heteroatoms. The van der Waals surface area contributed by atoms with Crippen LogP contribution >= 0.6 is 0 Å². The zero-order valence-electron chi connectivity index (χ0n) is 17.0. The van der Waals surface area contributed by atoms with Crippen LogP contribution in [-0.4, -0.2) is 18.4 Å². The number of carbonyl (C=O) groups is 2. The Morgan fingerprint density at radius 2 is 2.00 bits per heavy atom. The van der Waals surface area contributed by atoms with Crippen LogP contribution in [0.15, 0.2) is 35.5 Å². The Labute approximate surface area is 162 Å². The molecule has 3 nitrogen and oxygen atoms in total. The molecule has 4 aliphatic carbocycles. The van der Waals surface area contributed by atoms with Crippen molar-refractivity contribution in [3.05, 3.63) is 35.5 Å². The number of esters is 1. The van der Waals surface area contributed by atoms with Crippen LogP contribution in [0, 0.1) is 28.6 Å². The summed E-state index contributed by atoms with van der Waals surface area (Å²) in [6.45, 7) is 10.2. The molecule has 4 rings (SSSR count). The summed E-state index contributed by atoms with van der Waals surface area (Å²) in [4.78, 5) is 23.9. The third-order valence-corrected chi connectivity index (χ3v) is 8.26. The summed E-state index contributed by atoms with van der Waals surface area (Å²) in [5.41, 5.74) is 4.71. The van der Waals surface area contributed by atoms with E-state index in [1.54, 1.807) is 11.1 Å². The van der Waals surface area contributed by atoms with E-state index in [2.05, 4.69) is 32.6 Å². The molecular formula is C24H32O3. The molecule has 4 aliphatic rings. The van der Waals surface area contributed by atoms with Gasteiger partial charge in [-0.2, -0.15) is 0 Å². The quantitative estimate of drug-likeness (QED) is 0.509. The summed E-state index contributed by atoms with van der Waals surface area (Å²) in [5.74, 6) is 0.947. The lowest BCUT2D eigenvalue weighted by molar-refractivity contribution is -0.148. The lowest BCUT2D eigenvalue weighted by atomic mass is 9.51. The van der Waals surface area contributed by atoms with E-state index in [0.717, 1.165) is 32.1 Å². The average molecular weight is 369 g/mol. The van der Waals surface area contributed by atoms with Gasteiger partial charge < -0.3 is 4.74 Å². The number of hydrogen-bond donors (Lipinski definition) is 0. The number of Topliss-reactive ketones (excluding diaryl/α,β-unsaturated/α-hetero) is 1. The Hall–Kier alpha value is -1.64. The van der Waals surface area contributed by atoms with Crippen LogP contribution in [0.4, 0.5) is 0 Å². The Balaban J connectivity index is 1.61. The predicted molar refractivity (Wildman–Crippen MR) is 106 cm³/mol. The molecule has 5 atom stereocenters. The first-order valence-electron chi connectivity index (χ1n) is 10.5. The fraction of sp³-hybridized carbons (Fsp3) is 0.667. The second-order valence-electron chi connectivity index (χ2n) is 9.66. The van der Waals surface area contributed by atoms with Crippen molar-refractivity contribution in [2.24, 2.45) is 28.6 Å². The number of ketones is 1. The van der Waals surface area contributed by atoms with E-state index in [1.807, 2.05) is 0 Å². The van der Waals surface area contributed by atoms with Gasteiger partial charge in [0.15, 0.2) is 5.78 Å². The van der Waals surface area contributed by atoms with Crippen LogP contribution < -0.4 is 0 Å². The molecule has 0 aromatic rings. The summed E-state index contributed by atoms with van der Waals surface area (Å²) in [6.07, 6.45) is 12.5. The highest BCUT2D eigenvalue weighted by atomic mass is 16.5. The van der Waals surface area contributed by atoms with E-state index in [4.69, 9.17) is 4.74 Å². The molecule has 0 heterocycles. The molecule has 0 spiro atoms. The normalized spacial score (nSPS) is 40.3. The van der Waals surface area contributed by atoms with Gasteiger partial charge in [0, 0.05) is 18.3 Å². The van der Waals surface area contributed by atoms with Gasteiger partial charge in [-0.1, -0.05) is 49.3 Å². The first-order valence-corrected chi connectivity index (χ1v) is 10.5. The summed E-state index contributed by atoms with van der Waals surface area (Å²) in [7, 11) is 0. The average Bonchev–Trinajstić information content (AvgIpc) is 2.97. The Morgan fingerprint density at radius 3 is 2.74 bits per heavy atom. The second kappa shape index (κ2) is 6.46. The molecule has 5 unspecified atom stereocenters. The van der Waals surface area contributed by atoms with Crippen LogP contribution in [-0.2, 0) is 14.3 Å². The van der Waals surface area contributed by atoms with Gasteiger partial charge in [0.25, 0.3) is 0 Å². The highest BCUT2D eigenvalue weighted by Gasteiger charge is 2.57. The number of hydrogen-bond acceptors (Lipinski definition) is 3. The van der Waals surface area contributed by atoms with Gasteiger partial charge in [0.1, 0.15) is 6.61 Å². The van der Waals surface area contributed by atoms with Gasteiger partial charge in [-0.3, -0.25) is 9.59 Å². The molecule has 0 radical (unpaired) electrons. The van der Waals surface area contributed by atoms with Gasteiger partial charge in [-0.05, 0) is 62.2 Å². The Bertz CT molecular complexity index is 758. The van der Waals surface area contributed by atoms with Crippen molar-refractivity contribution in [3.8, 4) is 0 Å².